The monoisotopic (exact) mass is 318 g/mol. The first kappa shape index (κ1) is 15.1. The number of nitrogens with one attached hydrogen (secondary N) is 1. The number of rotatable bonds is 3. The number of benzene rings is 1. The summed E-state index contributed by atoms with van der Waals surface area (Å²) in [7, 11) is 0. The summed E-state index contributed by atoms with van der Waals surface area (Å²) in [4.78, 5) is 37.6. The molecule has 0 radical (unpaired) electrons. The van der Waals surface area contributed by atoms with Gasteiger partial charge in [-0.15, -0.1) is 0 Å². The van der Waals surface area contributed by atoms with Crippen molar-refractivity contribution in [2.24, 2.45) is 5.92 Å². The van der Waals surface area contributed by atoms with Gasteiger partial charge in [-0.2, -0.15) is 0 Å². The molecule has 116 valence electrons. The lowest BCUT2D eigenvalue weighted by Gasteiger charge is -2.17. The highest BCUT2D eigenvalue weighted by atomic mass is 32.2. The normalized spacial score (nSPS) is 24.9. The van der Waals surface area contributed by atoms with Crippen LogP contribution in [0.25, 0.3) is 0 Å². The third kappa shape index (κ3) is 3.02. The molecule has 6 heteroatoms. The number of hydrogen-bond acceptors (Lipinski definition) is 4. The van der Waals surface area contributed by atoms with Crippen LogP contribution in [-0.4, -0.2) is 35.3 Å². The lowest BCUT2D eigenvalue weighted by molar-refractivity contribution is -0.128. The number of nitrogens with zero attached hydrogens (tertiary/aromatic N) is 1. The number of carbonyl (C=O) groups is 3. The van der Waals surface area contributed by atoms with Crippen molar-refractivity contribution in [1.29, 1.82) is 0 Å². The molecule has 5 nitrogen and oxygen atoms in total. The molecule has 2 atom stereocenters. The van der Waals surface area contributed by atoms with Crippen LogP contribution < -0.4 is 10.2 Å². The van der Waals surface area contributed by atoms with E-state index < -0.39 is 0 Å². The van der Waals surface area contributed by atoms with Crippen LogP contribution in [0.3, 0.4) is 0 Å². The van der Waals surface area contributed by atoms with Crippen molar-refractivity contribution in [3.63, 3.8) is 0 Å². The van der Waals surface area contributed by atoms with Gasteiger partial charge in [0.05, 0.1) is 12.0 Å². The first-order chi connectivity index (χ1) is 10.5. The molecule has 3 rings (SSSR count). The lowest BCUT2D eigenvalue weighted by atomic mass is 10.1. The summed E-state index contributed by atoms with van der Waals surface area (Å²) >= 11 is 1.26. The van der Waals surface area contributed by atoms with E-state index in [1.54, 1.807) is 4.90 Å². The fourth-order valence-corrected chi connectivity index (χ4v) is 3.71. The summed E-state index contributed by atoms with van der Waals surface area (Å²) in [5, 5.41) is 2.81. The zero-order valence-electron chi connectivity index (χ0n) is 12.4. The van der Waals surface area contributed by atoms with Crippen LogP contribution in [0.4, 0.5) is 5.69 Å². The lowest BCUT2D eigenvalue weighted by Crippen LogP contribution is -2.41. The summed E-state index contributed by atoms with van der Waals surface area (Å²) in [5.41, 5.74) is 1.94. The molecule has 0 spiro atoms. The highest BCUT2D eigenvalue weighted by Crippen LogP contribution is 2.26. The van der Waals surface area contributed by atoms with E-state index in [1.165, 1.54) is 11.8 Å². The zero-order valence-corrected chi connectivity index (χ0v) is 13.2. The Morgan fingerprint density at radius 3 is 2.64 bits per heavy atom. The van der Waals surface area contributed by atoms with Gasteiger partial charge in [0, 0.05) is 24.4 Å². The predicted molar refractivity (Wildman–Crippen MR) is 85.7 cm³/mol. The number of anilines is 1. The van der Waals surface area contributed by atoms with Crippen molar-refractivity contribution < 1.29 is 14.4 Å². The van der Waals surface area contributed by atoms with E-state index in [1.807, 2.05) is 31.2 Å². The van der Waals surface area contributed by atoms with Gasteiger partial charge in [-0.1, -0.05) is 29.5 Å². The molecule has 0 unspecified atom stereocenters. The van der Waals surface area contributed by atoms with Crippen molar-refractivity contribution in [2.45, 2.75) is 25.8 Å². The minimum absolute atomic E-state index is 0.0214. The quantitative estimate of drug-likeness (QED) is 0.917. The Kier molecular flexibility index (Phi) is 4.20. The Morgan fingerprint density at radius 1 is 1.27 bits per heavy atom. The molecule has 2 heterocycles. The largest absolute Gasteiger partial charge is 0.345 e. The number of carbonyl (C=O) groups excluding carboxylic acids is 3. The third-order valence-corrected chi connectivity index (χ3v) is 5.10. The zero-order chi connectivity index (χ0) is 15.7. The maximum atomic E-state index is 12.3. The van der Waals surface area contributed by atoms with Gasteiger partial charge >= 0.3 is 0 Å². The highest BCUT2D eigenvalue weighted by Gasteiger charge is 2.37. The number of hydrogen-bond donors (Lipinski definition) is 1. The van der Waals surface area contributed by atoms with E-state index in [0.717, 1.165) is 17.0 Å². The van der Waals surface area contributed by atoms with Crippen LogP contribution in [0, 0.1) is 12.8 Å². The number of amides is 2. The molecule has 0 aliphatic carbocycles. The van der Waals surface area contributed by atoms with Gasteiger partial charge < -0.3 is 10.2 Å². The molecule has 0 saturated carbocycles. The summed E-state index contributed by atoms with van der Waals surface area (Å²) in [5.74, 6) is 0.134. The maximum Gasteiger partial charge on any atom is 0.227 e. The van der Waals surface area contributed by atoms with E-state index in [0.29, 0.717) is 13.0 Å². The Labute approximate surface area is 133 Å². The smallest absolute Gasteiger partial charge is 0.227 e. The summed E-state index contributed by atoms with van der Waals surface area (Å²) < 4.78 is 0. The molecule has 2 aliphatic heterocycles. The molecular weight excluding hydrogens is 300 g/mol. The first-order valence-corrected chi connectivity index (χ1v) is 8.37. The van der Waals surface area contributed by atoms with Gasteiger partial charge in [0.25, 0.3) is 0 Å². The second-order valence-electron chi connectivity index (χ2n) is 5.76. The average Bonchev–Trinajstić information content (AvgIpc) is 3.07. The van der Waals surface area contributed by atoms with Crippen LogP contribution in [0.2, 0.25) is 0 Å². The topological polar surface area (TPSA) is 66.5 Å². The summed E-state index contributed by atoms with van der Waals surface area (Å²) in [6.45, 7) is 2.37. The van der Waals surface area contributed by atoms with Crippen LogP contribution in [0.5, 0.6) is 0 Å². The van der Waals surface area contributed by atoms with Gasteiger partial charge in [-0.3, -0.25) is 14.4 Å². The second-order valence-corrected chi connectivity index (χ2v) is 6.86. The summed E-state index contributed by atoms with van der Waals surface area (Å²) in [6.07, 6.45) is 0.880. The molecular formula is C16H18N2O3S. The highest BCUT2D eigenvalue weighted by molar-refractivity contribution is 8.14. The average molecular weight is 318 g/mol. The Bertz CT molecular complexity index is 614. The van der Waals surface area contributed by atoms with E-state index in [-0.39, 0.29) is 35.3 Å². The van der Waals surface area contributed by atoms with Crippen LogP contribution in [0.15, 0.2) is 24.3 Å². The second kappa shape index (κ2) is 6.12. The molecule has 22 heavy (non-hydrogen) atoms. The Balaban J connectivity index is 1.65. The molecule has 2 fully saturated rings. The fraction of sp³-hybridized carbons (Fsp3) is 0.438. The third-order valence-electron chi connectivity index (χ3n) is 4.09. The van der Waals surface area contributed by atoms with Gasteiger partial charge in [-0.05, 0) is 25.5 Å². The van der Waals surface area contributed by atoms with Gasteiger partial charge in [-0.25, -0.2) is 0 Å². The van der Waals surface area contributed by atoms with E-state index in [2.05, 4.69) is 5.32 Å². The molecule has 2 aliphatic rings. The standard InChI is InChI=1S/C16H18N2O3S/c1-10-2-4-12(5-3-10)18-9-11(8-14(18)19)15(20)17-13-6-7-22-16(13)21/h2-5,11,13H,6-9H2,1H3,(H,17,20)/t11-,13+/m0/s1. The van der Waals surface area contributed by atoms with E-state index >= 15 is 0 Å². The fourth-order valence-electron chi connectivity index (χ4n) is 2.77. The van der Waals surface area contributed by atoms with Crippen molar-refractivity contribution in [1.82, 2.24) is 5.32 Å². The van der Waals surface area contributed by atoms with Gasteiger partial charge in [0.15, 0.2) is 0 Å². The Hall–Kier alpha value is -1.82. The van der Waals surface area contributed by atoms with Gasteiger partial charge in [0.1, 0.15) is 0 Å². The molecule has 1 N–H and O–H groups in total. The van der Waals surface area contributed by atoms with Crippen molar-refractivity contribution in [3.8, 4) is 0 Å². The summed E-state index contributed by atoms with van der Waals surface area (Å²) in [6, 6.07) is 7.30. The minimum atomic E-state index is -0.388. The molecule has 2 amide bonds. The number of aryl methyl sites for hydroxylation is 1. The van der Waals surface area contributed by atoms with E-state index in [9.17, 15) is 14.4 Å². The predicted octanol–water partition coefficient (Wildman–Crippen LogP) is 1.50. The molecule has 2 saturated heterocycles. The molecule has 0 bridgehead atoms. The van der Waals surface area contributed by atoms with Crippen LogP contribution in [-0.2, 0) is 14.4 Å². The van der Waals surface area contributed by atoms with Crippen molar-refractivity contribution in [3.05, 3.63) is 29.8 Å². The Morgan fingerprint density at radius 2 is 2.00 bits per heavy atom. The van der Waals surface area contributed by atoms with Crippen molar-refractivity contribution in [2.75, 3.05) is 17.2 Å². The molecule has 1 aromatic rings. The SMILES string of the molecule is Cc1ccc(N2C[C@@H](C(=O)N[C@@H]3CCSC3=O)CC2=O)cc1. The van der Waals surface area contributed by atoms with Crippen LogP contribution >= 0.6 is 11.8 Å². The van der Waals surface area contributed by atoms with Crippen LogP contribution in [0.1, 0.15) is 18.4 Å². The van der Waals surface area contributed by atoms with Gasteiger partial charge in [0.2, 0.25) is 16.9 Å². The maximum absolute atomic E-state index is 12.3. The minimum Gasteiger partial charge on any atom is -0.345 e. The molecule has 0 aromatic heterocycles. The molecule has 1 aromatic carbocycles. The first-order valence-electron chi connectivity index (χ1n) is 7.38. The number of thioether (sulfide) groups is 1. The van der Waals surface area contributed by atoms with Crippen molar-refractivity contribution >= 4 is 34.4 Å². The van der Waals surface area contributed by atoms with E-state index in [4.69, 9.17) is 0 Å².